The summed E-state index contributed by atoms with van der Waals surface area (Å²) in [7, 11) is 1.58. The first kappa shape index (κ1) is 10.3. The molecule has 15 heavy (non-hydrogen) atoms. The molecule has 1 aliphatic heterocycles. The fourth-order valence-corrected chi connectivity index (χ4v) is 2.19. The molecule has 0 saturated carbocycles. The van der Waals surface area contributed by atoms with Gasteiger partial charge in [-0.2, -0.15) is 0 Å². The van der Waals surface area contributed by atoms with E-state index in [0.717, 1.165) is 19.4 Å². The van der Waals surface area contributed by atoms with Crippen LogP contribution < -0.4 is 10.1 Å². The first-order valence-corrected chi connectivity index (χ1v) is 5.39. The molecule has 0 aromatic heterocycles. The Morgan fingerprint density at radius 3 is 3.00 bits per heavy atom. The number of fused-ring (bicyclic) bond motifs is 1. The van der Waals surface area contributed by atoms with Crippen LogP contribution in [0.3, 0.4) is 0 Å². The quantitative estimate of drug-likeness (QED) is 0.779. The molecule has 2 N–H and O–H groups in total. The maximum Gasteiger partial charge on any atom is 0.160 e. The first-order valence-electron chi connectivity index (χ1n) is 5.39. The van der Waals surface area contributed by atoms with E-state index in [1.165, 1.54) is 11.1 Å². The molecule has 0 aliphatic carbocycles. The highest BCUT2D eigenvalue weighted by Gasteiger charge is 2.20. The lowest BCUT2D eigenvalue weighted by Gasteiger charge is -2.26. The lowest BCUT2D eigenvalue weighted by Crippen LogP contribution is -2.29. The topological polar surface area (TPSA) is 41.5 Å². The SMILES string of the molecule is CC[C@@H]1NCCc2cc(O)c(OC)cc21. The molecule has 0 saturated heterocycles. The molecule has 3 heteroatoms. The smallest absolute Gasteiger partial charge is 0.160 e. The minimum atomic E-state index is 0.244. The number of aromatic hydroxyl groups is 1. The maximum absolute atomic E-state index is 9.68. The van der Waals surface area contributed by atoms with Crippen molar-refractivity contribution < 1.29 is 9.84 Å². The molecule has 0 spiro atoms. The summed E-state index contributed by atoms with van der Waals surface area (Å²) >= 11 is 0. The molecule has 0 bridgehead atoms. The van der Waals surface area contributed by atoms with Gasteiger partial charge in [0.2, 0.25) is 0 Å². The number of benzene rings is 1. The van der Waals surface area contributed by atoms with Crippen molar-refractivity contribution in [2.45, 2.75) is 25.8 Å². The third-order valence-electron chi connectivity index (χ3n) is 3.01. The standard InChI is InChI=1S/C12H17NO2/c1-3-10-9-7-12(15-2)11(14)6-8(9)4-5-13-10/h6-7,10,13-14H,3-5H2,1-2H3/t10-/m0/s1. The van der Waals surface area contributed by atoms with E-state index in [0.29, 0.717) is 11.8 Å². The van der Waals surface area contributed by atoms with Crippen LogP contribution in [0, 0.1) is 0 Å². The molecule has 1 heterocycles. The molecule has 1 aromatic carbocycles. The van der Waals surface area contributed by atoms with Gasteiger partial charge >= 0.3 is 0 Å². The molecule has 3 nitrogen and oxygen atoms in total. The summed E-state index contributed by atoms with van der Waals surface area (Å²) in [6.07, 6.45) is 2.03. The summed E-state index contributed by atoms with van der Waals surface area (Å²) in [6.45, 7) is 3.14. The van der Waals surface area contributed by atoms with E-state index < -0.39 is 0 Å². The Hall–Kier alpha value is -1.22. The monoisotopic (exact) mass is 207 g/mol. The Morgan fingerprint density at radius 1 is 1.53 bits per heavy atom. The van der Waals surface area contributed by atoms with Gasteiger partial charge in [0.1, 0.15) is 0 Å². The molecule has 82 valence electrons. The van der Waals surface area contributed by atoms with E-state index in [2.05, 4.69) is 12.2 Å². The summed E-state index contributed by atoms with van der Waals surface area (Å²) in [5, 5.41) is 13.1. The van der Waals surface area contributed by atoms with Gasteiger partial charge < -0.3 is 15.2 Å². The zero-order valence-electron chi connectivity index (χ0n) is 9.21. The van der Waals surface area contributed by atoms with Crippen molar-refractivity contribution in [2.24, 2.45) is 0 Å². The van der Waals surface area contributed by atoms with Crippen LogP contribution >= 0.6 is 0 Å². The lowest BCUT2D eigenvalue weighted by molar-refractivity contribution is 0.369. The van der Waals surface area contributed by atoms with E-state index in [1.807, 2.05) is 12.1 Å². The van der Waals surface area contributed by atoms with Crippen molar-refractivity contribution in [1.29, 1.82) is 0 Å². The minimum absolute atomic E-state index is 0.244. The van der Waals surface area contributed by atoms with Crippen LogP contribution in [0.5, 0.6) is 11.5 Å². The second-order valence-electron chi connectivity index (χ2n) is 3.89. The first-order chi connectivity index (χ1) is 7.26. The minimum Gasteiger partial charge on any atom is -0.504 e. The van der Waals surface area contributed by atoms with Crippen molar-refractivity contribution in [3.05, 3.63) is 23.3 Å². The van der Waals surface area contributed by atoms with Crippen LogP contribution in [0.15, 0.2) is 12.1 Å². The fraction of sp³-hybridized carbons (Fsp3) is 0.500. The average Bonchev–Trinajstić information content (AvgIpc) is 2.27. The van der Waals surface area contributed by atoms with Crippen molar-refractivity contribution in [3.63, 3.8) is 0 Å². The van der Waals surface area contributed by atoms with Crippen molar-refractivity contribution in [1.82, 2.24) is 5.32 Å². The number of rotatable bonds is 2. The molecule has 0 unspecified atom stereocenters. The van der Waals surface area contributed by atoms with Crippen molar-refractivity contribution in [3.8, 4) is 11.5 Å². The summed E-state index contributed by atoms with van der Waals surface area (Å²) < 4.78 is 5.13. The van der Waals surface area contributed by atoms with E-state index in [-0.39, 0.29) is 5.75 Å². The molecule has 0 radical (unpaired) electrons. The highest BCUT2D eigenvalue weighted by molar-refractivity contribution is 5.48. The highest BCUT2D eigenvalue weighted by Crippen LogP contribution is 2.35. The molecular weight excluding hydrogens is 190 g/mol. The van der Waals surface area contributed by atoms with Gasteiger partial charge in [-0.1, -0.05) is 6.92 Å². The van der Waals surface area contributed by atoms with Gasteiger partial charge in [-0.15, -0.1) is 0 Å². The third kappa shape index (κ3) is 1.79. The van der Waals surface area contributed by atoms with Gasteiger partial charge in [-0.05, 0) is 42.6 Å². The van der Waals surface area contributed by atoms with Gasteiger partial charge in [0, 0.05) is 6.04 Å². The Morgan fingerprint density at radius 2 is 2.33 bits per heavy atom. The number of hydrogen-bond acceptors (Lipinski definition) is 3. The predicted octanol–water partition coefficient (Wildman–Crippen LogP) is 2.00. The van der Waals surface area contributed by atoms with Crippen LogP contribution in [0.2, 0.25) is 0 Å². The molecule has 2 rings (SSSR count). The van der Waals surface area contributed by atoms with Crippen molar-refractivity contribution in [2.75, 3.05) is 13.7 Å². The largest absolute Gasteiger partial charge is 0.504 e. The Balaban J connectivity index is 2.46. The van der Waals surface area contributed by atoms with Gasteiger partial charge in [-0.25, -0.2) is 0 Å². The summed E-state index contributed by atoms with van der Waals surface area (Å²) in [5.74, 6) is 0.809. The van der Waals surface area contributed by atoms with E-state index in [4.69, 9.17) is 4.74 Å². The number of methoxy groups -OCH3 is 1. The second kappa shape index (κ2) is 4.11. The lowest BCUT2D eigenvalue weighted by atomic mass is 9.92. The van der Waals surface area contributed by atoms with Gasteiger partial charge in [0.25, 0.3) is 0 Å². The van der Waals surface area contributed by atoms with Crippen molar-refractivity contribution >= 4 is 0 Å². The number of nitrogens with one attached hydrogen (secondary N) is 1. The molecular formula is C12H17NO2. The summed E-state index contributed by atoms with van der Waals surface area (Å²) in [6, 6.07) is 4.17. The average molecular weight is 207 g/mol. The van der Waals surface area contributed by atoms with Crippen LogP contribution in [0.4, 0.5) is 0 Å². The van der Waals surface area contributed by atoms with Crippen LogP contribution in [0.1, 0.15) is 30.5 Å². The van der Waals surface area contributed by atoms with E-state index in [1.54, 1.807) is 7.11 Å². The Bertz CT molecular complexity index is 363. The Labute approximate surface area is 90.1 Å². The van der Waals surface area contributed by atoms with E-state index >= 15 is 0 Å². The van der Waals surface area contributed by atoms with Gasteiger partial charge in [0.15, 0.2) is 11.5 Å². The number of hydrogen-bond donors (Lipinski definition) is 2. The molecule has 0 fully saturated rings. The Kier molecular flexibility index (Phi) is 2.82. The second-order valence-corrected chi connectivity index (χ2v) is 3.89. The van der Waals surface area contributed by atoms with E-state index in [9.17, 15) is 5.11 Å². The van der Waals surface area contributed by atoms with Gasteiger partial charge in [0.05, 0.1) is 7.11 Å². The van der Waals surface area contributed by atoms with Crippen LogP contribution in [0.25, 0.3) is 0 Å². The number of phenolic OH excluding ortho intramolecular Hbond substituents is 1. The predicted molar refractivity (Wildman–Crippen MR) is 59.4 cm³/mol. The third-order valence-corrected chi connectivity index (χ3v) is 3.01. The van der Waals surface area contributed by atoms with Crippen LogP contribution in [-0.4, -0.2) is 18.8 Å². The number of phenols is 1. The normalized spacial score (nSPS) is 19.7. The highest BCUT2D eigenvalue weighted by atomic mass is 16.5. The molecule has 1 aromatic rings. The molecule has 1 aliphatic rings. The molecule has 1 atom stereocenters. The fourth-order valence-electron chi connectivity index (χ4n) is 2.19. The zero-order chi connectivity index (χ0) is 10.8. The molecule has 0 amide bonds. The van der Waals surface area contributed by atoms with Crippen LogP contribution in [-0.2, 0) is 6.42 Å². The van der Waals surface area contributed by atoms with Gasteiger partial charge in [-0.3, -0.25) is 0 Å². The number of ether oxygens (including phenoxy) is 1. The summed E-state index contributed by atoms with van der Waals surface area (Å²) in [4.78, 5) is 0. The summed E-state index contributed by atoms with van der Waals surface area (Å²) in [5.41, 5.74) is 2.50. The zero-order valence-corrected chi connectivity index (χ0v) is 9.21. The maximum atomic E-state index is 9.68.